The Morgan fingerprint density at radius 1 is 1.26 bits per heavy atom. The zero-order valence-electron chi connectivity index (χ0n) is 8.96. The number of hydrogen-bond donors (Lipinski definition) is 0. The van der Waals surface area contributed by atoms with Crippen LogP contribution in [0.15, 0.2) is 6.07 Å². The van der Waals surface area contributed by atoms with Gasteiger partial charge in [-0.05, 0) is 6.92 Å². The normalized spacial score (nSPS) is 12.4. The molecule has 1 aromatic rings. The van der Waals surface area contributed by atoms with Crippen molar-refractivity contribution in [3.8, 4) is 5.75 Å². The van der Waals surface area contributed by atoms with Gasteiger partial charge in [0.15, 0.2) is 11.4 Å². The van der Waals surface area contributed by atoms with Crippen LogP contribution in [0.2, 0.25) is 0 Å². The van der Waals surface area contributed by atoms with Crippen LogP contribution in [0.1, 0.15) is 11.4 Å². The van der Waals surface area contributed by atoms with Gasteiger partial charge in [0, 0.05) is 0 Å². The number of nitrogens with zero attached hydrogens (tertiary/aromatic N) is 2. The molecule has 0 bridgehead atoms. The fourth-order valence-electron chi connectivity index (χ4n) is 1.17. The van der Waals surface area contributed by atoms with E-state index in [-0.39, 0.29) is 6.07 Å². The third-order valence-corrected chi connectivity index (χ3v) is 1.84. The largest absolute Gasteiger partial charge is 0.573 e. The van der Waals surface area contributed by atoms with E-state index >= 15 is 0 Å². The molecular formula is C8H4F6N2O3. The van der Waals surface area contributed by atoms with Gasteiger partial charge >= 0.3 is 12.5 Å². The number of halogens is 6. The molecule has 0 spiro atoms. The van der Waals surface area contributed by atoms with E-state index in [1.54, 1.807) is 0 Å². The van der Waals surface area contributed by atoms with Crippen molar-refractivity contribution in [1.82, 2.24) is 4.98 Å². The number of pyridine rings is 1. The summed E-state index contributed by atoms with van der Waals surface area (Å²) < 4.78 is 76.4. The van der Waals surface area contributed by atoms with Crippen molar-refractivity contribution in [2.45, 2.75) is 19.5 Å². The summed E-state index contributed by atoms with van der Waals surface area (Å²) >= 11 is 0. The first-order chi connectivity index (χ1) is 8.42. The van der Waals surface area contributed by atoms with Crippen LogP contribution in [0.4, 0.5) is 32.0 Å². The first kappa shape index (κ1) is 15.0. The van der Waals surface area contributed by atoms with Gasteiger partial charge in [0.2, 0.25) is 0 Å². The van der Waals surface area contributed by atoms with E-state index in [0.29, 0.717) is 0 Å². The minimum atomic E-state index is -5.43. The number of alkyl halides is 6. The second kappa shape index (κ2) is 4.55. The van der Waals surface area contributed by atoms with E-state index in [1.807, 2.05) is 0 Å². The maximum atomic E-state index is 12.5. The van der Waals surface area contributed by atoms with Gasteiger partial charge in [-0.3, -0.25) is 10.1 Å². The van der Waals surface area contributed by atoms with Gasteiger partial charge in [0.05, 0.1) is 11.0 Å². The number of aryl methyl sites for hydroxylation is 1. The fourth-order valence-corrected chi connectivity index (χ4v) is 1.17. The summed E-state index contributed by atoms with van der Waals surface area (Å²) in [5, 5.41) is 10.4. The molecule has 0 aliphatic carbocycles. The molecule has 106 valence electrons. The summed E-state index contributed by atoms with van der Waals surface area (Å²) in [6, 6.07) is 0.0403. The Kier molecular flexibility index (Phi) is 3.59. The van der Waals surface area contributed by atoms with E-state index in [4.69, 9.17) is 0 Å². The van der Waals surface area contributed by atoms with Crippen molar-refractivity contribution >= 4 is 5.69 Å². The highest BCUT2D eigenvalue weighted by atomic mass is 19.4. The lowest BCUT2D eigenvalue weighted by atomic mass is 10.2. The number of hydrogen-bond acceptors (Lipinski definition) is 4. The van der Waals surface area contributed by atoms with Crippen molar-refractivity contribution in [2.75, 3.05) is 0 Å². The predicted octanol–water partition coefficient (Wildman–Crippen LogP) is 3.22. The van der Waals surface area contributed by atoms with Crippen LogP contribution in [-0.4, -0.2) is 16.3 Å². The molecule has 0 atom stereocenters. The highest BCUT2D eigenvalue weighted by Crippen LogP contribution is 2.39. The molecule has 0 saturated heterocycles. The lowest BCUT2D eigenvalue weighted by molar-refractivity contribution is -0.386. The molecule has 0 amide bonds. The van der Waals surface area contributed by atoms with Gasteiger partial charge in [-0.25, -0.2) is 4.98 Å². The number of nitro groups is 1. The van der Waals surface area contributed by atoms with Crippen LogP contribution in [-0.2, 0) is 6.18 Å². The fraction of sp³-hybridized carbons (Fsp3) is 0.375. The maximum Gasteiger partial charge on any atom is 0.573 e. The molecule has 11 heteroatoms. The van der Waals surface area contributed by atoms with Gasteiger partial charge in [0.1, 0.15) is 5.69 Å². The Hall–Kier alpha value is -2.07. The van der Waals surface area contributed by atoms with Crippen molar-refractivity contribution in [3.63, 3.8) is 0 Å². The van der Waals surface area contributed by atoms with Crippen molar-refractivity contribution in [1.29, 1.82) is 0 Å². The van der Waals surface area contributed by atoms with Crippen molar-refractivity contribution in [3.05, 3.63) is 27.6 Å². The third-order valence-electron chi connectivity index (χ3n) is 1.84. The van der Waals surface area contributed by atoms with E-state index in [2.05, 4.69) is 9.72 Å². The second-order valence-corrected chi connectivity index (χ2v) is 3.24. The standard InChI is InChI=1S/C8H4F6N2O3/c1-3-4(16(17)18)2-5(19-8(12,13)14)6(15-3)7(9,10)11/h2H,1H3. The first-order valence-corrected chi connectivity index (χ1v) is 4.41. The monoisotopic (exact) mass is 290 g/mol. The molecular weight excluding hydrogens is 286 g/mol. The zero-order chi connectivity index (χ0) is 15.0. The summed E-state index contributed by atoms with van der Waals surface area (Å²) in [4.78, 5) is 12.0. The molecule has 0 saturated carbocycles. The maximum absolute atomic E-state index is 12.5. The van der Waals surface area contributed by atoms with Crippen LogP contribution >= 0.6 is 0 Å². The molecule has 5 nitrogen and oxygen atoms in total. The third kappa shape index (κ3) is 3.69. The number of aromatic nitrogens is 1. The molecule has 0 fully saturated rings. The highest BCUT2D eigenvalue weighted by Gasteiger charge is 2.42. The number of rotatable bonds is 2. The SMILES string of the molecule is Cc1nc(C(F)(F)F)c(OC(F)(F)F)cc1[N+](=O)[O-]. The zero-order valence-corrected chi connectivity index (χ0v) is 8.96. The Morgan fingerprint density at radius 2 is 1.79 bits per heavy atom. The molecule has 0 radical (unpaired) electrons. The van der Waals surface area contributed by atoms with E-state index in [9.17, 15) is 36.5 Å². The average Bonchev–Trinajstić information content (AvgIpc) is 2.15. The van der Waals surface area contributed by atoms with Gasteiger partial charge in [-0.2, -0.15) is 13.2 Å². The van der Waals surface area contributed by atoms with Gasteiger partial charge < -0.3 is 4.74 Å². The predicted molar refractivity (Wildman–Crippen MR) is 47.3 cm³/mol. The summed E-state index contributed by atoms with van der Waals surface area (Å²) in [5.74, 6) is -1.77. The highest BCUT2D eigenvalue weighted by molar-refractivity contribution is 5.45. The quantitative estimate of drug-likeness (QED) is 0.476. The summed E-state index contributed by atoms with van der Waals surface area (Å²) in [6.07, 6.45) is -10.7. The molecule has 0 aromatic carbocycles. The smallest absolute Gasteiger partial charge is 0.403 e. The Labute approximate surface area is 101 Å². The topological polar surface area (TPSA) is 65.3 Å². The molecule has 1 rings (SSSR count). The minimum Gasteiger partial charge on any atom is -0.403 e. The Balaban J connectivity index is 3.46. The van der Waals surface area contributed by atoms with Crippen LogP contribution in [0.5, 0.6) is 5.75 Å². The molecule has 0 aliphatic rings. The molecule has 0 N–H and O–H groups in total. The molecule has 19 heavy (non-hydrogen) atoms. The number of ether oxygens (including phenoxy) is 1. The van der Waals surface area contributed by atoms with Crippen molar-refractivity contribution in [2.24, 2.45) is 0 Å². The van der Waals surface area contributed by atoms with Crippen LogP contribution in [0, 0.1) is 17.0 Å². The molecule has 0 unspecified atom stereocenters. The summed E-state index contributed by atoms with van der Waals surface area (Å²) in [6.45, 7) is 0.866. The summed E-state index contributed by atoms with van der Waals surface area (Å²) in [7, 11) is 0. The van der Waals surface area contributed by atoms with Crippen molar-refractivity contribution < 1.29 is 36.0 Å². The molecule has 0 aliphatic heterocycles. The lowest BCUT2D eigenvalue weighted by Gasteiger charge is -2.14. The van der Waals surface area contributed by atoms with E-state index < -0.39 is 40.3 Å². The van der Waals surface area contributed by atoms with E-state index in [1.165, 1.54) is 0 Å². The van der Waals surface area contributed by atoms with Gasteiger partial charge in [0.25, 0.3) is 5.69 Å². The lowest BCUT2D eigenvalue weighted by Crippen LogP contribution is -2.21. The van der Waals surface area contributed by atoms with Crippen LogP contribution in [0.25, 0.3) is 0 Å². The second-order valence-electron chi connectivity index (χ2n) is 3.24. The molecule has 1 aromatic heterocycles. The summed E-state index contributed by atoms with van der Waals surface area (Å²) in [5.41, 5.74) is -3.66. The van der Waals surface area contributed by atoms with Gasteiger partial charge in [-0.15, -0.1) is 13.2 Å². The average molecular weight is 290 g/mol. The first-order valence-electron chi connectivity index (χ1n) is 4.41. The minimum absolute atomic E-state index is 0.0403. The Morgan fingerprint density at radius 3 is 2.16 bits per heavy atom. The van der Waals surface area contributed by atoms with Gasteiger partial charge in [-0.1, -0.05) is 0 Å². The Bertz CT molecular complexity index is 510. The van der Waals surface area contributed by atoms with Crippen LogP contribution < -0.4 is 4.74 Å². The molecule has 1 heterocycles. The van der Waals surface area contributed by atoms with Crippen LogP contribution in [0.3, 0.4) is 0 Å². The van der Waals surface area contributed by atoms with E-state index in [0.717, 1.165) is 6.92 Å².